The molecule has 1 aromatic carbocycles. The number of aldehydes is 1. The molecule has 2 aromatic rings. The Bertz CT molecular complexity index is 514. The van der Waals surface area contributed by atoms with Crippen LogP contribution in [-0.2, 0) is 13.5 Å². The lowest BCUT2D eigenvalue weighted by molar-refractivity contribution is 0.112. The Hall–Kier alpha value is -1.90. The molecule has 0 aliphatic heterocycles. The molecule has 0 N–H and O–H groups in total. The van der Waals surface area contributed by atoms with Gasteiger partial charge in [-0.2, -0.15) is 5.10 Å². The standard InChI is InChI=1S/C13H14N2O/c1-3-13-12(8-15(2)14-13)11-7-5-4-6-10(11)9-16/h4-9H,3H2,1-2H3. The Labute approximate surface area is 94.7 Å². The largest absolute Gasteiger partial charge is 0.298 e. The van der Waals surface area contributed by atoms with Crippen LogP contribution in [0.15, 0.2) is 30.5 Å². The molecular weight excluding hydrogens is 200 g/mol. The van der Waals surface area contributed by atoms with Gasteiger partial charge in [0.25, 0.3) is 0 Å². The molecule has 2 rings (SSSR count). The van der Waals surface area contributed by atoms with Gasteiger partial charge in [-0.05, 0) is 12.0 Å². The van der Waals surface area contributed by atoms with E-state index in [2.05, 4.69) is 12.0 Å². The van der Waals surface area contributed by atoms with Crippen LogP contribution in [0.5, 0.6) is 0 Å². The highest BCUT2D eigenvalue weighted by Crippen LogP contribution is 2.25. The Kier molecular flexibility index (Phi) is 2.86. The summed E-state index contributed by atoms with van der Waals surface area (Å²) < 4.78 is 1.79. The van der Waals surface area contributed by atoms with Crippen molar-refractivity contribution in [3.63, 3.8) is 0 Å². The minimum absolute atomic E-state index is 0.713. The lowest BCUT2D eigenvalue weighted by atomic mass is 10.0. The van der Waals surface area contributed by atoms with Gasteiger partial charge in [-0.15, -0.1) is 0 Å². The molecule has 0 atom stereocenters. The summed E-state index contributed by atoms with van der Waals surface area (Å²) in [6, 6.07) is 7.60. The van der Waals surface area contributed by atoms with Crippen LogP contribution >= 0.6 is 0 Å². The van der Waals surface area contributed by atoms with Gasteiger partial charge in [-0.25, -0.2) is 0 Å². The Balaban J connectivity index is 2.61. The van der Waals surface area contributed by atoms with Gasteiger partial charge in [0.15, 0.2) is 6.29 Å². The van der Waals surface area contributed by atoms with Crippen LogP contribution < -0.4 is 0 Å². The van der Waals surface area contributed by atoms with Crippen molar-refractivity contribution >= 4 is 6.29 Å². The van der Waals surface area contributed by atoms with Crippen molar-refractivity contribution in [2.75, 3.05) is 0 Å². The predicted molar refractivity (Wildman–Crippen MR) is 63.4 cm³/mol. The molecule has 0 saturated heterocycles. The maximum absolute atomic E-state index is 11.0. The molecule has 0 fully saturated rings. The van der Waals surface area contributed by atoms with E-state index in [-0.39, 0.29) is 0 Å². The minimum Gasteiger partial charge on any atom is -0.298 e. The van der Waals surface area contributed by atoms with Crippen molar-refractivity contribution in [3.8, 4) is 11.1 Å². The first-order valence-electron chi connectivity index (χ1n) is 5.33. The smallest absolute Gasteiger partial charge is 0.150 e. The summed E-state index contributed by atoms with van der Waals surface area (Å²) in [7, 11) is 1.90. The summed E-state index contributed by atoms with van der Waals surface area (Å²) in [5, 5.41) is 4.38. The van der Waals surface area contributed by atoms with Gasteiger partial charge in [-0.1, -0.05) is 31.2 Å². The normalized spacial score (nSPS) is 10.4. The molecule has 0 unspecified atom stereocenters. The summed E-state index contributed by atoms with van der Waals surface area (Å²) in [6.07, 6.45) is 3.71. The summed E-state index contributed by atoms with van der Waals surface area (Å²) in [5.41, 5.74) is 3.75. The number of hydrogen-bond acceptors (Lipinski definition) is 2. The molecule has 82 valence electrons. The molecule has 1 aromatic heterocycles. The third-order valence-corrected chi connectivity index (χ3v) is 2.62. The number of carbonyl (C=O) groups excluding carboxylic acids is 1. The van der Waals surface area contributed by atoms with E-state index in [0.29, 0.717) is 5.56 Å². The third-order valence-electron chi connectivity index (χ3n) is 2.62. The number of hydrogen-bond donors (Lipinski definition) is 0. The van der Waals surface area contributed by atoms with E-state index in [1.165, 1.54) is 0 Å². The van der Waals surface area contributed by atoms with Gasteiger partial charge >= 0.3 is 0 Å². The molecule has 0 spiro atoms. The second-order valence-corrected chi connectivity index (χ2v) is 3.72. The minimum atomic E-state index is 0.713. The maximum atomic E-state index is 11.0. The molecular formula is C13H14N2O. The van der Waals surface area contributed by atoms with Crippen LogP contribution in [0, 0.1) is 0 Å². The van der Waals surface area contributed by atoms with E-state index >= 15 is 0 Å². The van der Waals surface area contributed by atoms with Crippen LogP contribution in [0.2, 0.25) is 0 Å². The van der Waals surface area contributed by atoms with E-state index in [9.17, 15) is 4.79 Å². The van der Waals surface area contributed by atoms with Crippen LogP contribution in [0.1, 0.15) is 23.0 Å². The molecule has 3 nitrogen and oxygen atoms in total. The van der Waals surface area contributed by atoms with E-state index < -0.39 is 0 Å². The zero-order valence-electron chi connectivity index (χ0n) is 9.47. The average Bonchev–Trinajstić information content (AvgIpc) is 2.70. The quantitative estimate of drug-likeness (QED) is 0.736. The number of nitrogens with zero attached hydrogens (tertiary/aromatic N) is 2. The number of rotatable bonds is 3. The Morgan fingerprint density at radius 2 is 2.06 bits per heavy atom. The lowest BCUT2D eigenvalue weighted by Gasteiger charge is -2.03. The van der Waals surface area contributed by atoms with Crippen molar-refractivity contribution in [1.29, 1.82) is 0 Å². The first-order valence-corrected chi connectivity index (χ1v) is 5.33. The highest BCUT2D eigenvalue weighted by molar-refractivity contribution is 5.87. The third kappa shape index (κ3) is 1.76. The Morgan fingerprint density at radius 3 is 2.75 bits per heavy atom. The van der Waals surface area contributed by atoms with Crippen LogP contribution in [-0.4, -0.2) is 16.1 Å². The van der Waals surface area contributed by atoms with Crippen molar-refractivity contribution in [2.45, 2.75) is 13.3 Å². The van der Waals surface area contributed by atoms with E-state index in [1.54, 1.807) is 4.68 Å². The van der Waals surface area contributed by atoms with E-state index in [1.807, 2.05) is 37.5 Å². The zero-order chi connectivity index (χ0) is 11.5. The summed E-state index contributed by atoms with van der Waals surface area (Å²) in [6.45, 7) is 2.06. The molecule has 0 saturated carbocycles. The second kappa shape index (κ2) is 4.31. The molecule has 16 heavy (non-hydrogen) atoms. The fourth-order valence-electron chi connectivity index (χ4n) is 1.87. The van der Waals surface area contributed by atoms with Gasteiger partial charge in [0.2, 0.25) is 0 Å². The first kappa shape index (κ1) is 10.6. The van der Waals surface area contributed by atoms with Gasteiger partial charge in [0, 0.05) is 24.4 Å². The fourth-order valence-corrected chi connectivity index (χ4v) is 1.87. The summed E-state index contributed by atoms with van der Waals surface area (Å²) >= 11 is 0. The van der Waals surface area contributed by atoms with E-state index in [4.69, 9.17) is 0 Å². The van der Waals surface area contributed by atoms with Gasteiger partial charge < -0.3 is 0 Å². The second-order valence-electron chi connectivity index (χ2n) is 3.72. The molecule has 0 radical (unpaired) electrons. The SMILES string of the molecule is CCc1nn(C)cc1-c1ccccc1C=O. The average molecular weight is 214 g/mol. The van der Waals surface area contributed by atoms with Crippen molar-refractivity contribution in [1.82, 2.24) is 9.78 Å². The van der Waals surface area contributed by atoms with Gasteiger partial charge in [0.05, 0.1) is 5.69 Å². The first-order chi connectivity index (χ1) is 7.76. The molecule has 3 heteroatoms. The van der Waals surface area contributed by atoms with E-state index in [0.717, 1.165) is 29.5 Å². The zero-order valence-corrected chi connectivity index (χ0v) is 9.47. The number of carbonyl (C=O) groups is 1. The van der Waals surface area contributed by atoms with Crippen LogP contribution in [0.3, 0.4) is 0 Å². The molecule has 0 bridgehead atoms. The fraction of sp³-hybridized carbons (Fsp3) is 0.231. The number of aryl methyl sites for hydroxylation is 2. The molecule has 1 heterocycles. The summed E-state index contributed by atoms with van der Waals surface area (Å²) in [5.74, 6) is 0. The van der Waals surface area contributed by atoms with Crippen molar-refractivity contribution in [2.24, 2.45) is 7.05 Å². The van der Waals surface area contributed by atoms with Crippen LogP contribution in [0.25, 0.3) is 11.1 Å². The molecule has 0 amide bonds. The van der Waals surface area contributed by atoms with Gasteiger partial charge in [-0.3, -0.25) is 9.48 Å². The molecule has 0 aliphatic rings. The molecule has 0 aliphatic carbocycles. The highest BCUT2D eigenvalue weighted by atomic mass is 16.1. The van der Waals surface area contributed by atoms with Gasteiger partial charge in [0.1, 0.15) is 0 Å². The topological polar surface area (TPSA) is 34.9 Å². The van der Waals surface area contributed by atoms with Crippen LogP contribution in [0.4, 0.5) is 0 Å². The Morgan fingerprint density at radius 1 is 1.31 bits per heavy atom. The lowest BCUT2D eigenvalue weighted by Crippen LogP contribution is -1.90. The maximum Gasteiger partial charge on any atom is 0.150 e. The highest BCUT2D eigenvalue weighted by Gasteiger charge is 2.11. The summed E-state index contributed by atoms with van der Waals surface area (Å²) in [4.78, 5) is 11.0. The monoisotopic (exact) mass is 214 g/mol. The number of benzene rings is 1. The van der Waals surface area contributed by atoms with Crippen molar-refractivity contribution in [3.05, 3.63) is 41.7 Å². The number of aromatic nitrogens is 2. The van der Waals surface area contributed by atoms with Crippen molar-refractivity contribution < 1.29 is 4.79 Å². The predicted octanol–water partition coefficient (Wildman–Crippen LogP) is 2.46.